The minimum absolute atomic E-state index is 0.128. The van der Waals surface area contributed by atoms with Crippen molar-refractivity contribution in [3.05, 3.63) is 41.6 Å². The van der Waals surface area contributed by atoms with Crippen molar-refractivity contribution in [1.29, 1.82) is 0 Å². The van der Waals surface area contributed by atoms with E-state index in [1.807, 2.05) is 6.07 Å². The second-order valence-electron chi connectivity index (χ2n) is 6.24. The lowest BCUT2D eigenvalue weighted by molar-refractivity contribution is 0.102. The van der Waals surface area contributed by atoms with Gasteiger partial charge in [-0.15, -0.1) is 0 Å². The standard InChI is InChI=1S/C16H20N4O3S/c1-10(2)20-24(22,23)13-7-5-12(6-8-13)16(21)17-15-9-14(18-19-15)11-3-4-11/h5-11,20H,3-4H2,1-2H3,(H2,17,18,19,21). The lowest BCUT2D eigenvalue weighted by Gasteiger charge is -2.10. The van der Waals surface area contributed by atoms with Crippen molar-refractivity contribution in [2.75, 3.05) is 5.32 Å². The zero-order valence-electron chi connectivity index (χ0n) is 13.5. The molecule has 1 heterocycles. The average molecular weight is 348 g/mol. The molecule has 2 aromatic rings. The van der Waals surface area contributed by atoms with Gasteiger partial charge in [0.15, 0.2) is 5.82 Å². The first-order valence-electron chi connectivity index (χ1n) is 7.84. The van der Waals surface area contributed by atoms with E-state index in [1.54, 1.807) is 13.8 Å². The molecule has 1 aliphatic carbocycles. The Balaban J connectivity index is 1.69. The van der Waals surface area contributed by atoms with Crippen LogP contribution in [0.5, 0.6) is 0 Å². The Morgan fingerprint density at radius 2 is 1.92 bits per heavy atom. The number of aromatic nitrogens is 2. The van der Waals surface area contributed by atoms with Crippen LogP contribution in [0.15, 0.2) is 35.2 Å². The molecule has 1 amide bonds. The summed E-state index contributed by atoms with van der Waals surface area (Å²) >= 11 is 0. The van der Waals surface area contributed by atoms with Crippen molar-refractivity contribution >= 4 is 21.7 Å². The van der Waals surface area contributed by atoms with Gasteiger partial charge in [0.2, 0.25) is 10.0 Å². The topological polar surface area (TPSA) is 104 Å². The van der Waals surface area contributed by atoms with E-state index in [0.29, 0.717) is 17.3 Å². The molecule has 3 rings (SSSR count). The fraction of sp³-hybridized carbons (Fsp3) is 0.375. The number of nitrogens with one attached hydrogen (secondary N) is 3. The Hall–Kier alpha value is -2.19. The summed E-state index contributed by atoms with van der Waals surface area (Å²) in [4.78, 5) is 12.3. The maximum absolute atomic E-state index is 12.2. The van der Waals surface area contributed by atoms with Gasteiger partial charge < -0.3 is 5.32 Å². The average Bonchev–Trinajstić information content (AvgIpc) is 3.26. The molecular formula is C16H20N4O3S. The Morgan fingerprint density at radius 3 is 2.50 bits per heavy atom. The fourth-order valence-corrected chi connectivity index (χ4v) is 3.61. The van der Waals surface area contributed by atoms with Crippen LogP contribution in [0.1, 0.15) is 48.7 Å². The molecule has 0 aliphatic heterocycles. The van der Waals surface area contributed by atoms with Gasteiger partial charge in [-0.1, -0.05) is 0 Å². The van der Waals surface area contributed by atoms with Crippen molar-refractivity contribution in [2.24, 2.45) is 0 Å². The van der Waals surface area contributed by atoms with Crippen molar-refractivity contribution in [2.45, 2.75) is 43.5 Å². The van der Waals surface area contributed by atoms with E-state index in [-0.39, 0.29) is 16.8 Å². The highest BCUT2D eigenvalue weighted by molar-refractivity contribution is 7.89. The van der Waals surface area contributed by atoms with E-state index < -0.39 is 10.0 Å². The van der Waals surface area contributed by atoms with Crippen molar-refractivity contribution in [3.63, 3.8) is 0 Å². The lowest BCUT2D eigenvalue weighted by Crippen LogP contribution is -2.30. The third-order valence-electron chi connectivity index (χ3n) is 3.67. The summed E-state index contributed by atoms with van der Waals surface area (Å²) < 4.78 is 26.6. The highest BCUT2D eigenvalue weighted by atomic mass is 32.2. The van der Waals surface area contributed by atoms with E-state index in [9.17, 15) is 13.2 Å². The predicted molar refractivity (Wildman–Crippen MR) is 90.4 cm³/mol. The Labute approximate surface area is 140 Å². The maximum Gasteiger partial charge on any atom is 0.256 e. The quantitative estimate of drug-likeness (QED) is 0.744. The molecule has 7 nitrogen and oxygen atoms in total. The number of aromatic amines is 1. The molecule has 24 heavy (non-hydrogen) atoms. The second-order valence-corrected chi connectivity index (χ2v) is 7.95. The van der Waals surface area contributed by atoms with Crippen LogP contribution in [0, 0.1) is 0 Å². The Bertz CT molecular complexity index is 836. The molecule has 1 saturated carbocycles. The molecule has 128 valence electrons. The monoisotopic (exact) mass is 348 g/mol. The van der Waals surface area contributed by atoms with Gasteiger partial charge in [-0.25, -0.2) is 13.1 Å². The second kappa shape index (κ2) is 6.37. The summed E-state index contributed by atoms with van der Waals surface area (Å²) in [6.07, 6.45) is 2.30. The SMILES string of the molecule is CC(C)NS(=O)(=O)c1ccc(C(=O)Nc2cc(C3CC3)[nH]n2)cc1. The number of anilines is 1. The first-order valence-corrected chi connectivity index (χ1v) is 9.32. The summed E-state index contributed by atoms with van der Waals surface area (Å²) in [7, 11) is -3.56. The van der Waals surface area contributed by atoms with Crippen LogP contribution in [0.25, 0.3) is 0 Å². The zero-order chi connectivity index (χ0) is 17.3. The third kappa shape index (κ3) is 3.82. The number of nitrogens with zero attached hydrogens (tertiary/aromatic N) is 1. The van der Waals surface area contributed by atoms with Crippen LogP contribution in [0.2, 0.25) is 0 Å². The van der Waals surface area contributed by atoms with E-state index >= 15 is 0 Å². The Kier molecular flexibility index (Phi) is 4.42. The minimum Gasteiger partial charge on any atom is -0.305 e. The molecule has 3 N–H and O–H groups in total. The maximum atomic E-state index is 12.2. The molecule has 0 unspecified atom stereocenters. The van der Waals surface area contributed by atoms with Crippen molar-refractivity contribution in [3.8, 4) is 0 Å². The van der Waals surface area contributed by atoms with Crippen molar-refractivity contribution < 1.29 is 13.2 Å². The van der Waals surface area contributed by atoms with E-state index in [4.69, 9.17) is 0 Å². The molecule has 1 aromatic heterocycles. The summed E-state index contributed by atoms with van der Waals surface area (Å²) in [6.45, 7) is 3.50. The number of hydrogen-bond donors (Lipinski definition) is 3. The molecule has 8 heteroatoms. The summed E-state index contributed by atoms with van der Waals surface area (Å²) in [6, 6.07) is 7.44. The van der Waals surface area contributed by atoms with Gasteiger partial charge in [-0.3, -0.25) is 9.89 Å². The van der Waals surface area contributed by atoms with Crippen LogP contribution >= 0.6 is 0 Å². The minimum atomic E-state index is -3.56. The van der Waals surface area contributed by atoms with Crippen molar-refractivity contribution in [1.82, 2.24) is 14.9 Å². The first kappa shape index (κ1) is 16.7. The van der Waals surface area contributed by atoms with Gasteiger partial charge >= 0.3 is 0 Å². The summed E-state index contributed by atoms with van der Waals surface area (Å²) in [5.74, 6) is 0.672. The number of sulfonamides is 1. The number of benzene rings is 1. The smallest absolute Gasteiger partial charge is 0.256 e. The molecular weight excluding hydrogens is 328 g/mol. The van der Waals surface area contributed by atoms with Gasteiger partial charge in [0.25, 0.3) is 5.91 Å². The molecule has 1 aromatic carbocycles. The zero-order valence-corrected chi connectivity index (χ0v) is 14.4. The van der Waals surface area contributed by atoms with E-state index in [1.165, 1.54) is 24.3 Å². The van der Waals surface area contributed by atoms with Crippen LogP contribution < -0.4 is 10.0 Å². The molecule has 1 fully saturated rings. The summed E-state index contributed by atoms with van der Waals surface area (Å²) in [5.41, 5.74) is 1.40. The van der Waals surface area contributed by atoms with Crippen LogP contribution in [0.4, 0.5) is 5.82 Å². The lowest BCUT2D eigenvalue weighted by atomic mass is 10.2. The fourth-order valence-electron chi connectivity index (χ4n) is 2.36. The molecule has 0 radical (unpaired) electrons. The summed E-state index contributed by atoms with van der Waals surface area (Å²) in [5, 5.41) is 9.69. The van der Waals surface area contributed by atoms with Gasteiger partial charge in [0.05, 0.1) is 4.90 Å². The van der Waals surface area contributed by atoms with Crippen LogP contribution in [-0.4, -0.2) is 30.6 Å². The van der Waals surface area contributed by atoms with Crippen LogP contribution in [-0.2, 0) is 10.0 Å². The molecule has 0 saturated heterocycles. The highest BCUT2D eigenvalue weighted by Gasteiger charge is 2.25. The predicted octanol–water partition coefficient (Wildman–Crippen LogP) is 2.23. The number of hydrogen-bond acceptors (Lipinski definition) is 4. The Morgan fingerprint density at radius 1 is 1.25 bits per heavy atom. The molecule has 0 spiro atoms. The third-order valence-corrected chi connectivity index (χ3v) is 5.35. The van der Waals surface area contributed by atoms with Gasteiger partial charge in [-0.05, 0) is 51.0 Å². The largest absolute Gasteiger partial charge is 0.305 e. The van der Waals surface area contributed by atoms with Crippen LogP contribution in [0.3, 0.4) is 0 Å². The number of carbonyl (C=O) groups is 1. The molecule has 1 aliphatic rings. The molecule has 0 atom stereocenters. The van der Waals surface area contributed by atoms with Gasteiger partial charge in [0, 0.05) is 29.3 Å². The number of carbonyl (C=O) groups excluding carboxylic acids is 1. The van der Waals surface area contributed by atoms with Gasteiger partial charge in [0.1, 0.15) is 0 Å². The van der Waals surface area contributed by atoms with Gasteiger partial charge in [-0.2, -0.15) is 5.10 Å². The number of H-pyrrole nitrogens is 1. The normalized spacial score (nSPS) is 14.8. The number of amides is 1. The number of rotatable bonds is 6. The first-order chi connectivity index (χ1) is 11.3. The van der Waals surface area contributed by atoms with E-state index in [2.05, 4.69) is 20.2 Å². The highest BCUT2D eigenvalue weighted by Crippen LogP contribution is 2.39. The molecule has 0 bridgehead atoms. The van der Waals surface area contributed by atoms with E-state index in [0.717, 1.165) is 18.5 Å².